The van der Waals surface area contributed by atoms with Gasteiger partial charge in [0.2, 0.25) is 5.95 Å². The Morgan fingerprint density at radius 1 is 0.656 bits per heavy atom. The zero-order valence-corrected chi connectivity index (χ0v) is 17.9. The van der Waals surface area contributed by atoms with Crippen LogP contribution in [0.3, 0.4) is 0 Å². The summed E-state index contributed by atoms with van der Waals surface area (Å²) in [5, 5.41) is 4.92. The maximum absolute atomic E-state index is 4.50. The summed E-state index contributed by atoms with van der Waals surface area (Å²) < 4.78 is 2.18. The van der Waals surface area contributed by atoms with Crippen LogP contribution in [0.5, 0.6) is 0 Å². The van der Waals surface area contributed by atoms with Gasteiger partial charge in [-0.25, -0.2) is 15.0 Å². The molecule has 0 fully saturated rings. The molecule has 1 aliphatic carbocycles. The molecule has 0 spiro atoms. The summed E-state index contributed by atoms with van der Waals surface area (Å²) >= 11 is 0. The fourth-order valence-electron chi connectivity index (χ4n) is 5.72. The van der Waals surface area contributed by atoms with E-state index in [-0.39, 0.29) is 5.41 Å². The van der Waals surface area contributed by atoms with Crippen LogP contribution in [0.15, 0.2) is 85.5 Å². The van der Waals surface area contributed by atoms with Crippen molar-refractivity contribution in [3.8, 4) is 17.1 Å². The zero-order chi connectivity index (χ0) is 21.4. The number of benzene rings is 4. The predicted octanol–water partition coefficient (Wildman–Crippen LogP) is 6.43. The predicted molar refractivity (Wildman–Crippen MR) is 129 cm³/mol. The minimum absolute atomic E-state index is 0.0663. The average Bonchev–Trinajstić information content (AvgIpc) is 3.30. The van der Waals surface area contributed by atoms with Crippen LogP contribution in [0.25, 0.3) is 49.7 Å². The third kappa shape index (κ3) is 2.09. The van der Waals surface area contributed by atoms with Crippen molar-refractivity contribution in [1.29, 1.82) is 0 Å². The lowest BCUT2D eigenvalue weighted by molar-refractivity contribution is 0.666. The molecule has 2 heterocycles. The van der Waals surface area contributed by atoms with Gasteiger partial charge in [-0.3, -0.25) is 4.57 Å². The van der Waals surface area contributed by atoms with Gasteiger partial charge in [-0.1, -0.05) is 80.6 Å². The largest absolute Gasteiger partial charge is 0.277 e. The maximum atomic E-state index is 4.50. The lowest BCUT2D eigenvalue weighted by Crippen LogP contribution is -2.15. The van der Waals surface area contributed by atoms with Gasteiger partial charge in [0.05, 0.1) is 11.0 Å². The summed E-state index contributed by atoms with van der Waals surface area (Å²) in [7, 11) is 0. The molecule has 152 valence electrons. The molecule has 32 heavy (non-hydrogen) atoms. The fraction of sp³-hybridized carbons (Fsp3) is 0.107. The summed E-state index contributed by atoms with van der Waals surface area (Å²) in [6.45, 7) is 4.67. The smallest absolute Gasteiger partial charge is 0.237 e. The Kier molecular flexibility index (Phi) is 3.31. The van der Waals surface area contributed by atoms with Crippen molar-refractivity contribution >= 4 is 32.6 Å². The summed E-state index contributed by atoms with van der Waals surface area (Å²) in [6.07, 6.45) is 3.12. The van der Waals surface area contributed by atoms with Gasteiger partial charge in [0.25, 0.3) is 0 Å². The van der Waals surface area contributed by atoms with Crippen LogP contribution in [0.2, 0.25) is 0 Å². The molecule has 0 N–H and O–H groups in total. The molecule has 0 bridgehead atoms. The first-order chi connectivity index (χ1) is 15.7. The highest BCUT2D eigenvalue weighted by molar-refractivity contribution is 6.19. The van der Waals surface area contributed by atoms with Crippen LogP contribution in [0.4, 0.5) is 0 Å². The van der Waals surface area contributed by atoms with E-state index in [1.807, 2.05) is 0 Å². The van der Waals surface area contributed by atoms with Gasteiger partial charge in [0.1, 0.15) is 12.7 Å². The molecule has 0 saturated heterocycles. The fourth-order valence-corrected chi connectivity index (χ4v) is 5.72. The van der Waals surface area contributed by atoms with E-state index in [4.69, 9.17) is 0 Å². The Hall–Kier alpha value is -4.05. The van der Waals surface area contributed by atoms with E-state index >= 15 is 0 Å². The summed E-state index contributed by atoms with van der Waals surface area (Å²) in [5.41, 5.74) is 7.64. The molecule has 2 aromatic heterocycles. The minimum Gasteiger partial charge on any atom is -0.277 e. The standard InChI is InChI=1S/C28H20N4/c1-28(2)23-9-5-3-7-17(23)19-11-14-22-20(25(19)28)12-13-21-18-8-4-6-10-24(18)32(26(21)22)27-30-15-29-16-31-27/h3-16H,1-2H3. The monoisotopic (exact) mass is 412 g/mol. The van der Waals surface area contributed by atoms with Crippen molar-refractivity contribution in [2.45, 2.75) is 19.3 Å². The molecule has 1 aliphatic rings. The van der Waals surface area contributed by atoms with Crippen molar-refractivity contribution in [2.75, 3.05) is 0 Å². The Morgan fingerprint density at radius 3 is 2.22 bits per heavy atom. The van der Waals surface area contributed by atoms with Gasteiger partial charge in [0.15, 0.2) is 0 Å². The quantitative estimate of drug-likeness (QED) is 0.313. The van der Waals surface area contributed by atoms with Crippen LogP contribution in [-0.4, -0.2) is 19.5 Å². The first-order valence-electron chi connectivity index (χ1n) is 10.9. The molecule has 6 aromatic rings. The molecule has 4 nitrogen and oxygen atoms in total. The number of rotatable bonds is 1. The molecule has 0 aliphatic heterocycles. The number of hydrogen-bond acceptors (Lipinski definition) is 3. The van der Waals surface area contributed by atoms with Crippen LogP contribution in [0.1, 0.15) is 25.0 Å². The topological polar surface area (TPSA) is 43.6 Å². The second kappa shape index (κ2) is 6.01. The number of fused-ring (bicyclic) bond motifs is 9. The lowest BCUT2D eigenvalue weighted by atomic mass is 9.80. The molecule has 0 atom stereocenters. The van der Waals surface area contributed by atoms with Crippen LogP contribution >= 0.6 is 0 Å². The summed E-state index contributed by atoms with van der Waals surface area (Å²) in [4.78, 5) is 13.0. The van der Waals surface area contributed by atoms with Crippen LogP contribution in [-0.2, 0) is 5.41 Å². The minimum atomic E-state index is -0.0663. The lowest BCUT2D eigenvalue weighted by Gasteiger charge is -2.23. The molecule has 0 amide bonds. The van der Waals surface area contributed by atoms with E-state index in [9.17, 15) is 0 Å². The van der Waals surface area contributed by atoms with Crippen molar-refractivity contribution in [3.63, 3.8) is 0 Å². The zero-order valence-electron chi connectivity index (χ0n) is 17.9. The van der Waals surface area contributed by atoms with Gasteiger partial charge >= 0.3 is 0 Å². The molecule has 4 aromatic carbocycles. The highest BCUT2D eigenvalue weighted by Gasteiger charge is 2.36. The van der Waals surface area contributed by atoms with Crippen LogP contribution in [0, 0.1) is 0 Å². The van der Waals surface area contributed by atoms with Crippen LogP contribution < -0.4 is 0 Å². The number of aromatic nitrogens is 4. The van der Waals surface area contributed by atoms with Gasteiger partial charge in [-0.05, 0) is 33.7 Å². The van der Waals surface area contributed by atoms with Crippen molar-refractivity contribution < 1.29 is 0 Å². The average molecular weight is 412 g/mol. The third-order valence-corrected chi connectivity index (χ3v) is 7.03. The number of hydrogen-bond donors (Lipinski definition) is 0. The van der Waals surface area contributed by atoms with Gasteiger partial charge in [0, 0.05) is 21.6 Å². The van der Waals surface area contributed by atoms with Gasteiger partial charge in [-0.15, -0.1) is 0 Å². The Morgan fingerprint density at radius 2 is 1.34 bits per heavy atom. The summed E-state index contributed by atoms with van der Waals surface area (Å²) in [5.74, 6) is 0.641. The van der Waals surface area contributed by atoms with E-state index in [0.717, 1.165) is 11.0 Å². The first-order valence-corrected chi connectivity index (χ1v) is 10.9. The first kappa shape index (κ1) is 17.6. The highest BCUT2D eigenvalue weighted by atomic mass is 15.2. The van der Waals surface area contributed by atoms with Gasteiger partial charge in [-0.2, -0.15) is 0 Å². The molecule has 0 saturated carbocycles. The molecule has 7 rings (SSSR count). The van der Waals surface area contributed by atoms with Crippen molar-refractivity contribution in [3.05, 3.63) is 96.6 Å². The second-order valence-corrected chi connectivity index (χ2v) is 9.01. The number of nitrogens with zero attached hydrogens (tertiary/aromatic N) is 4. The maximum Gasteiger partial charge on any atom is 0.237 e. The molecular formula is C28H20N4. The normalized spacial score (nSPS) is 14.2. The second-order valence-electron chi connectivity index (χ2n) is 9.01. The Balaban J connectivity index is 1.68. The molecule has 0 radical (unpaired) electrons. The van der Waals surface area contributed by atoms with Crippen molar-refractivity contribution in [2.24, 2.45) is 0 Å². The Labute approximate surface area is 185 Å². The van der Waals surface area contributed by atoms with E-state index in [2.05, 4.69) is 106 Å². The molecular weight excluding hydrogens is 392 g/mol. The highest BCUT2D eigenvalue weighted by Crippen LogP contribution is 2.52. The molecule has 4 heteroatoms. The van der Waals surface area contributed by atoms with E-state index in [1.54, 1.807) is 12.7 Å². The van der Waals surface area contributed by atoms with E-state index < -0.39 is 0 Å². The SMILES string of the molecule is CC1(C)c2ccccc2-c2ccc3c(ccc4c5ccccc5n(-c5ncncn5)c34)c21. The van der Waals surface area contributed by atoms with E-state index in [0.29, 0.717) is 5.95 Å². The summed E-state index contributed by atoms with van der Waals surface area (Å²) in [6, 6.07) is 26.4. The van der Waals surface area contributed by atoms with E-state index in [1.165, 1.54) is 43.8 Å². The van der Waals surface area contributed by atoms with Gasteiger partial charge < -0.3 is 0 Å². The third-order valence-electron chi connectivity index (χ3n) is 7.03. The number of para-hydroxylation sites is 1. The molecule has 0 unspecified atom stereocenters. The van der Waals surface area contributed by atoms with Crippen molar-refractivity contribution in [1.82, 2.24) is 19.5 Å². The Bertz CT molecular complexity index is 1690.